The number of cyclic esters (lactones) is 1. The molecule has 0 unspecified atom stereocenters. The molecule has 0 aliphatic carbocycles. The van der Waals surface area contributed by atoms with Crippen molar-refractivity contribution in [3.05, 3.63) is 29.8 Å². The molecule has 1 heterocycles. The fourth-order valence-corrected chi connectivity index (χ4v) is 1.60. The van der Waals surface area contributed by atoms with Gasteiger partial charge in [-0.25, -0.2) is 4.79 Å². The lowest BCUT2D eigenvalue weighted by atomic mass is 10.1. The smallest absolute Gasteiger partial charge is 0.416 e. The Hall–Kier alpha value is -2.05. The Morgan fingerprint density at radius 1 is 1.22 bits per heavy atom. The summed E-state index contributed by atoms with van der Waals surface area (Å²) in [4.78, 5) is 23.5. The van der Waals surface area contributed by atoms with Crippen LogP contribution in [0.5, 0.6) is 0 Å². The molecule has 0 radical (unpaired) electrons. The molecule has 0 bridgehead atoms. The lowest BCUT2D eigenvalue weighted by Crippen LogP contribution is -2.45. The number of ether oxygens (including phenoxy) is 1. The van der Waals surface area contributed by atoms with Gasteiger partial charge < -0.3 is 4.74 Å². The number of rotatable bonds is 1. The van der Waals surface area contributed by atoms with Gasteiger partial charge in [0, 0.05) is 5.69 Å². The van der Waals surface area contributed by atoms with E-state index in [9.17, 15) is 22.8 Å². The van der Waals surface area contributed by atoms with Crippen LogP contribution in [0.15, 0.2) is 24.3 Å². The second kappa shape index (κ2) is 4.32. The molecule has 18 heavy (non-hydrogen) atoms. The van der Waals surface area contributed by atoms with Gasteiger partial charge in [0.2, 0.25) is 0 Å². The number of esters is 1. The summed E-state index contributed by atoms with van der Waals surface area (Å²) in [6.07, 6.45) is -4.49. The number of alkyl halides is 3. The van der Waals surface area contributed by atoms with Gasteiger partial charge in [-0.15, -0.1) is 0 Å². The Morgan fingerprint density at radius 2 is 1.94 bits per heavy atom. The van der Waals surface area contributed by atoms with Crippen LogP contribution in [0.3, 0.4) is 0 Å². The molecule has 7 heteroatoms. The summed E-state index contributed by atoms with van der Waals surface area (Å²) in [6, 6.07) is 4.25. The summed E-state index contributed by atoms with van der Waals surface area (Å²) in [5, 5.41) is 0. The molecule has 1 fully saturated rings. The molecule has 1 aliphatic rings. The molecular weight excluding hydrogens is 251 g/mol. The van der Waals surface area contributed by atoms with E-state index in [-0.39, 0.29) is 18.8 Å². The van der Waals surface area contributed by atoms with E-state index in [0.717, 1.165) is 17.0 Å². The summed E-state index contributed by atoms with van der Waals surface area (Å²) in [5.74, 6) is -2.01. The minimum atomic E-state index is -4.49. The fourth-order valence-electron chi connectivity index (χ4n) is 1.60. The van der Waals surface area contributed by atoms with Crippen molar-refractivity contribution in [3.63, 3.8) is 0 Å². The van der Waals surface area contributed by atoms with E-state index in [1.807, 2.05) is 0 Å². The SMILES string of the molecule is O=C1OCCN(c2cccc(C(F)(F)F)c2)C1=O. The summed E-state index contributed by atoms with van der Waals surface area (Å²) >= 11 is 0. The van der Waals surface area contributed by atoms with Crippen LogP contribution < -0.4 is 4.90 Å². The van der Waals surface area contributed by atoms with Gasteiger partial charge in [-0.1, -0.05) is 6.07 Å². The minimum Gasteiger partial charge on any atom is -0.457 e. The lowest BCUT2D eigenvalue weighted by Gasteiger charge is -2.26. The van der Waals surface area contributed by atoms with Crippen LogP contribution in [0.4, 0.5) is 18.9 Å². The van der Waals surface area contributed by atoms with Crippen LogP contribution in [0.2, 0.25) is 0 Å². The normalized spacial score (nSPS) is 16.7. The molecule has 0 N–H and O–H groups in total. The highest BCUT2D eigenvalue weighted by Gasteiger charge is 2.33. The van der Waals surface area contributed by atoms with Crippen LogP contribution in [-0.2, 0) is 20.5 Å². The number of morpholine rings is 1. The third-order valence-electron chi connectivity index (χ3n) is 2.45. The van der Waals surface area contributed by atoms with E-state index < -0.39 is 23.6 Å². The monoisotopic (exact) mass is 259 g/mol. The topological polar surface area (TPSA) is 46.6 Å². The standard InChI is InChI=1S/C11H8F3NO3/c12-11(13,14)7-2-1-3-8(6-7)15-4-5-18-10(17)9(15)16/h1-3,6H,4-5H2. The fraction of sp³-hybridized carbons (Fsp3) is 0.273. The van der Waals surface area contributed by atoms with E-state index in [4.69, 9.17) is 0 Å². The Morgan fingerprint density at radius 3 is 2.61 bits per heavy atom. The summed E-state index contributed by atoms with van der Waals surface area (Å²) in [7, 11) is 0. The van der Waals surface area contributed by atoms with E-state index in [2.05, 4.69) is 4.74 Å². The predicted molar refractivity (Wildman–Crippen MR) is 54.8 cm³/mol. The molecule has 0 aromatic heterocycles. The number of anilines is 1. The summed E-state index contributed by atoms with van der Waals surface area (Å²) in [6.45, 7) is 0.0205. The van der Waals surface area contributed by atoms with Crippen LogP contribution in [0.1, 0.15) is 5.56 Å². The molecule has 0 saturated carbocycles. The van der Waals surface area contributed by atoms with Gasteiger partial charge in [0.25, 0.3) is 0 Å². The first-order chi connectivity index (χ1) is 8.39. The van der Waals surface area contributed by atoms with Gasteiger partial charge in [0.15, 0.2) is 0 Å². The summed E-state index contributed by atoms with van der Waals surface area (Å²) in [5.41, 5.74) is -0.835. The Kier molecular flexibility index (Phi) is 2.98. The molecule has 0 spiro atoms. The molecule has 1 aliphatic heterocycles. The van der Waals surface area contributed by atoms with Crippen LogP contribution >= 0.6 is 0 Å². The van der Waals surface area contributed by atoms with Crippen molar-refractivity contribution >= 4 is 17.6 Å². The summed E-state index contributed by atoms with van der Waals surface area (Å²) < 4.78 is 42.0. The quantitative estimate of drug-likeness (QED) is 0.568. The number of hydrogen-bond donors (Lipinski definition) is 0. The van der Waals surface area contributed by atoms with Gasteiger partial charge in [0.1, 0.15) is 6.61 Å². The van der Waals surface area contributed by atoms with Crippen LogP contribution in [0.25, 0.3) is 0 Å². The van der Waals surface area contributed by atoms with E-state index in [1.165, 1.54) is 12.1 Å². The van der Waals surface area contributed by atoms with Crippen molar-refractivity contribution in [2.24, 2.45) is 0 Å². The predicted octanol–water partition coefficient (Wildman–Crippen LogP) is 1.60. The molecule has 1 amide bonds. The average Bonchev–Trinajstić information content (AvgIpc) is 2.32. The maximum absolute atomic E-state index is 12.5. The number of hydrogen-bond acceptors (Lipinski definition) is 3. The van der Waals surface area contributed by atoms with Crippen molar-refractivity contribution in [2.45, 2.75) is 6.18 Å². The number of nitrogens with zero attached hydrogens (tertiary/aromatic N) is 1. The van der Waals surface area contributed by atoms with Gasteiger partial charge >= 0.3 is 18.1 Å². The third-order valence-corrected chi connectivity index (χ3v) is 2.45. The molecule has 1 saturated heterocycles. The molecule has 2 rings (SSSR count). The largest absolute Gasteiger partial charge is 0.457 e. The van der Waals surface area contributed by atoms with Gasteiger partial charge in [-0.2, -0.15) is 13.2 Å². The van der Waals surface area contributed by atoms with E-state index >= 15 is 0 Å². The second-order valence-electron chi connectivity index (χ2n) is 3.64. The minimum absolute atomic E-state index is 0.0270. The van der Waals surface area contributed by atoms with Crippen molar-refractivity contribution in [1.29, 1.82) is 0 Å². The first-order valence-electron chi connectivity index (χ1n) is 5.05. The van der Waals surface area contributed by atoms with Crippen molar-refractivity contribution < 1.29 is 27.5 Å². The highest BCUT2D eigenvalue weighted by molar-refractivity contribution is 6.38. The van der Waals surface area contributed by atoms with Crippen molar-refractivity contribution in [3.8, 4) is 0 Å². The van der Waals surface area contributed by atoms with Gasteiger partial charge in [-0.3, -0.25) is 9.69 Å². The molecule has 4 nitrogen and oxygen atoms in total. The molecule has 0 atom stereocenters. The van der Waals surface area contributed by atoms with Crippen molar-refractivity contribution in [2.75, 3.05) is 18.1 Å². The van der Waals surface area contributed by atoms with Crippen LogP contribution in [0, 0.1) is 0 Å². The number of carbonyl (C=O) groups excluding carboxylic acids is 2. The first-order valence-corrected chi connectivity index (χ1v) is 5.05. The average molecular weight is 259 g/mol. The first kappa shape index (κ1) is 12.4. The number of amides is 1. The van der Waals surface area contributed by atoms with E-state index in [1.54, 1.807) is 0 Å². The number of benzene rings is 1. The maximum atomic E-state index is 12.5. The maximum Gasteiger partial charge on any atom is 0.416 e. The lowest BCUT2D eigenvalue weighted by molar-refractivity contribution is -0.156. The zero-order valence-electron chi connectivity index (χ0n) is 9.03. The molecule has 1 aromatic carbocycles. The second-order valence-corrected chi connectivity index (χ2v) is 3.64. The molecule has 96 valence electrons. The Bertz CT molecular complexity index is 499. The number of carbonyl (C=O) groups is 2. The zero-order valence-corrected chi connectivity index (χ0v) is 9.03. The zero-order chi connectivity index (χ0) is 13.3. The van der Waals surface area contributed by atoms with Crippen molar-refractivity contribution in [1.82, 2.24) is 0 Å². The van der Waals surface area contributed by atoms with Gasteiger partial charge in [-0.05, 0) is 18.2 Å². The molecular formula is C11H8F3NO3. The highest BCUT2D eigenvalue weighted by atomic mass is 19.4. The number of halogens is 3. The van der Waals surface area contributed by atoms with E-state index in [0.29, 0.717) is 0 Å². The third kappa shape index (κ3) is 2.29. The highest BCUT2D eigenvalue weighted by Crippen LogP contribution is 2.31. The van der Waals surface area contributed by atoms with Crippen LogP contribution in [-0.4, -0.2) is 25.0 Å². The van der Waals surface area contributed by atoms with Gasteiger partial charge in [0.05, 0.1) is 12.1 Å². The molecule has 1 aromatic rings. The Labute approximate surface area is 99.9 Å². The Balaban J connectivity index is 2.34.